The molecule has 0 spiro atoms. The number of aliphatic hydroxyl groups excluding tert-OH is 1. The van der Waals surface area contributed by atoms with Crippen LogP contribution in [0, 0.1) is 12.8 Å². The number of aromatic carboxylic acids is 1. The molecule has 0 fully saturated rings. The largest absolute Gasteiger partial charge is 0.478 e. The SMILES string of the molecule is Cc1c(C(=O)O)cccc1S(=O)(=O)N[C@H](CO)C(C)C. The number of benzene rings is 1. The first-order valence-corrected chi connectivity index (χ1v) is 7.65. The van der Waals surface area contributed by atoms with E-state index in [9.17, 15) is 18.3 Å². The van der Waals surface area contributed by atoms with E-state index in [1.165, 1.54) is 25.1 Å². The lowest BCUT2D eigenvalue weighted by molar-refractivity contribution is 0.0696. The van der Waals surface area contributed by atoms with Gasteiger partial charge in [-0.25, -0.2) is 17.9 Å². The fraction of sp³-hybridized carbons (Fsp3) is 0.462. The molecule has 0 aliphatic rings. The molecule has 1 atom stereocenters. The third-order valence-electron chi connectivity index (χ3n) is 3.11. The molecule has 3 N–H and O–H groups in total. The summed E-state index contributed by atoms with van der Waals surface area (Å²) in [5.74, 6) is -1.26. The Kier molecular flexibility index (Phi) is 5.27. The molecule has 0 saturated carbocycles. The summed E-state index contributed by atoms with van der Waals surface area (Å²) in [5, 5.41) is 18.2. The van der Waals surface area contributed by atoms with E-state index in [1.54, 1.807) is 13.8 Å². The molecule has 6 nitrogen and oxygen atoms in total. The molecule has 0 amide bonds. The van der Waals surface area contributed by atoms with Gasteiger partial charge in [-0.15, -0.1) is 0 Å². The van der Waals surface area contributed by atoms with Gasteiger partial charge in [0.25, 0.3) is 0 Å². The predicted molar refractivity (Wildman–Crippen MR) is 74.2 cm³/mol. The van der Waals surface area contributed by atoms with Crippen LogP contribution in [0.4, 0.5) is 0 Å². The van der Waals surface area contributed by atoms with E-state index in [4.69, 9.17) is 5.11 Å². The maximum atomic E-state index is 12.3. The van der Waals surface area contributed by atoms with Crippen LogP contribution in [0.15, 0.2) is 23.1 Å². The second-order valence-corrected chi connectivity index (χ2v) is 6.57. The Labute approximate surface area is 118 Å². The van der Waals surface area contributed by atoms with E-state index in [-0.39, 0.29) is 28.5 Å². The van der Waals surface area contributed by atoms with Crippen molar-refractivity contribution in [3.05, 3.63) is 29.3 Å². The van der Waals surface area contributed by atoms with Gasteiger partial charge in [0.05, 0.1) is 17.1 Å². The van der Waals surface area contributed by atoms with Gasteiger partial charge in [0.15, 0.2) is 0 Å². The summed E-state index contributed by atoms with van der Waals surface area (Å²) in [5.41, 5.74) is 0.117. The van der Waals surface area contributed by atoms with Gasteiger partial charge in [-0.1, -0.05) is 19.9 Å². The minimum Gasteiger partial charge on any atom is -0.478 e. The fourth-order valence-corrected chi connectivity index (χ4v) is 3.43. The van der Waals surface area contributed by atoms with Gasteiger partial charge in [0, 0.05) is 6.04 Å². The lowest BCUT2D eigenvalue weighted by Crippen LogP contribution is -2.41. The first kappa shape index (κ1) is 16.6. The Bertz CT molecular complexity index is 595. The van der Waals surface area contributed by atoms with Crippen LogP contribution in [0.3, 0.4) is 0 Å². The molecule has 1 rings (SSSR count). The number of hydrogen-bond acceptors (Lipinski definition) is 4. The van der Waals surface area contributed by atoms with Gasteiger partial charge < -0.3 is 10.2 Å². The van der Waals surface area contributed by atoms with E-state index in [1.807, 2.05) is 0 Å². The molecule has 0 unspecified atom stereocenters. The van der Waals surface area contributed by atoms with Gasteiger partial charge in [-0.2, -0.15) is 0 Å². The summed E-state index contributed by atoms with van der Waals surface area (Å²) in [6.45, 7) is 4.68. The zero-order valence-corrected chi connectivity index (χ0v) is 12.4. The second-order valence-electron chi connectivity index (χ2n) is 4.89. The predicted octanol–water partition coefficient (Wildman–Crippen LogP) is 0.988. The number of sulfonamides is 1. The van der Waals surface area contributed by atoms with Crippen molar-refractivity contribution >= 4 is 16.0 Å². The van der Waals surface area contributed by atoms with Crippen LogP contribution in [0.1, 0.15) is 29.8 Å². The first-order chi connectivity index (χ1) is 9.20. The summed E-state index contributed by atoms with van der Waals surface area (Å²) in [6.07, 6.45) is 0. The zero-order valence-electron chi connectivity index (χ0n) is 11.6. The van der Waals surface area contributed by atoms with Crippen molar-refractivity contribution in [1.82, 2.24) is 4.72 Å². The maximum absolute atomic E-state index is 12.3. The van der Waals surface area contributed by atoms with Crippen LogP contribution >= 0.6 is 0 Å². The number of carbonyl (C=O) groups is 1. The average molecular weight is 301 g/mol. The van der Waals surface area contributed by atoms with Crippen molar-refractivity contribution in [2.45, 2.75) is 31.7 Å². The lowest BCUT2D eigenvalue weighted by atomic mass is 10.1. The number of nitrogens with one attached hydrogen (secondary N) is 1. The van der Waals surface area contributed by atoms with Crippen molar-refractivity contribution < 1.29 is 23.4 Å². The van der Waals surface area contributed by atoms with Crippen molar-refractivity contribution in [1.29, 1.82) is 0 Å². The second kappa shape index (κ2) is 6.34. The number of aliphatic hydroxyl groups is 1. The van der Waals surface area contributed by atoms with E-state index in [0.29, 0.717) is 0 Å². The summed E-state index contributed by atoms with van der Waals surface area (Å²) in [4.78, 5) is 10.9. The summed E-state index contributed by atoms with van der Waals surface area (Å²) in [7, 11) is -3.88. The Balaban J connectivity index is 3.23. The highest BCUT2D eigenvalue weighted by Gasteiger charge is 2.25. The summed E-state index contributed by atoms with van der Waals surface area (Å²) in [6, 6.07) is 3.46. The van der Waals surface area contributed by atoms with Gasteiger partial charge >= 0.3 is 5.97 Å². The fourth-order valence-electron chi connectivity index (χ4n) is 1.78. The minimum absolute atomic E-state index is 0.0574. The molecular weight excluding hydrogens is 282 g/mol. The molecule has 0 bridgehead atoms. The van der Waals surface area contributed by atoms with Gasteiger partial charge in [-0.05, 0) is 30.5 Å². The molecule has 20 heavy (non-hydrogen) atoms. The molecule has 0 aliphatic heterocycles. The topological polar surface area (TPSA) is 104 Å². The van der Waals surface area contributed by atoms with E-state index in [0.717, 1.165) is 0 Å². The number of carboxylic acids is 1. The van der Waals surface area contributed by atoms with Crippen LogP contribution in [0.2, 0.25) is 0 Å². The van der Waals surface area contributed by atoms with E-state index in [2.05, 4.69) is 4.72 Å². The summed E-state index contributed by atoms with van der Waals surface area (Å²) < 4.78 is 27.0. The molecule has 0 aromatic heterocycles. The number of hydrogen-bond donors (Lipinski definition) is 3. The van der Waals surface area contributed by atoms with E-state index >= 15 is 0 Å². The summed E-state index contributed by atoms with van der Waals surface area (Å²) >= 11 is 0. The standard InChI is InChI=1S/C13H19NO5S/c1-8(2)11(7-15)14-20(18,19)12-6-4-5-10(9(12)3)13(16)17/h4-6,8,11,14-15H,7H2,1-3H3,(H,16,17)/t11-/m1/s1. The third-order valence-corrected chi connectivity index (χ3v) is 4.75. The number of rotatable bonds is 6. The Morgan fingerprint density at radius 1 is 1.35 bits per heavy atom. The molecule has 0 saturated heterocycles. The van der Waals surface area contributed by atoms with Crippen LogP contribution in [-0.2, 0) is 10.0 Å². The van der Waals surface area contributed by atoms with Gasteiger partial charge in [0.1, 0.15) is 0 Å². The highest BCUT2D eigenvalue weighted by molar-refractivity contribution is 7.89. The lowest BCUT2D eigenvalue weighted by Gasteiger charge is -2.20. The average Bonchev–Trinajstić information content (AvgIpc) is 2.35. The van der Waals surface area contributed by atoms with Crippen molar-refractivity contribution in [2.24, 2.45) is 5.92 Å². The van der Waals surface area contributed by atoms with Crippen LogP contribution < -0.4 is 4.72 Å². The van der Waals surface area contributed by atoms with Crippen molar-refractivity contribution in [3.63, 3.8) is 0 Å². The van der Waals surface area contributed by atoms with Gasteiger partial charge in [0.2, 0.25) is 10.0 Å². The molecule has 1 aromatic rings. The Morgan fingerprint density at radius 2 is 1.95 bits per heavy atom. The molecule has 7 heteroatoms. The van der Waals surface area contributed by atoms with Crippen LogP contribution in [0.5, 0.6) is 0 Å². The third kappa shape index (κ3) is 3.56. The molecule has 0 radical (unpaired) electrons. The molecule has 0 aliphatic carbocycles. The van der Waals surface area contributed by atoms with Crippen LogP contribution in [0.25, 0.3) is 0 Å². The van der Waals surface area contributed by atoms with E-state index < -0.39 is 22.0 Å². The maximum Gasteiger partial charge on any atom is 0.335 e. The highest BCUT2D eigenvalue weighted by atomic mass is 32.2. The minimum atomic E-state index is -3.88. The Hall–Kier alpha value is -1.44. The number of carboxylic acid groups (broad SMARTS) is 1. The normalized spacial score (nSPS) is 13.4. The smallest absolute Gasteiger partial charge is 0.335 e. The Morgan fingerprint density at radius 3 is 2.40 bits per heavy atom. The van der Waals surface area contributed by atoms with Crippen LogP contribution in [-0.4, -0.2) is 37.2 Å². The molecule has 0 heterocycles. The molecule has 1 aromatic carbocycles. The zero-order chi connectivity index (χ0) is 15.5. The first-order valence-electron chi connectivity index (χ1n) is 6.16. The monoisotopic (exact) mass is 301 g/mol. The van der Waals surface area contributed by atoms with Crippen molar-refractivity contribution in [2.75, 3.05) is 6.61 Å². The van der Waals surface area contributed by atoms with Gasteiger partial charge in [-0.3, -0.25) is 0 Å². The quantitative estimate of drug-likeness (QED) is 0.727. The van der Waals surface area contributed by atoms with Crippen molar-refractivity contribution in [3.8, 4) is 0 Å². The molecule has 112 valence electrons. The highest BCUT2D eigenvalue weighted by Crippen LogP contribution is 2.20. The molecular formula is C13H19NO5S.